The lowest BCUT2D eigenvalue weighted by atomic mass is 10.0. The minimum Gasteiger partial charge on any atom is -0.427 e. The van der Waals surface area contributed by atoms with Crippen molar-refractivity contribution >= 4 is 17.8 Å². The maximum absolute atomic E-state index is 12.4. The van der Waals surface area contributed by atoms with Gasteiger partial charge in [0.05, 0.1) is 0 Å². The lowest BCUT2D eigenvalue weighted by Gasteiger charge is -2.32. The van der Waals surface area contributed by atoms with Crippen LogP contribution in [-0.2, 0) is 4.79 Å². The monoisotopic (exact) mass is 370 g/mol. The molecule has 0 saturated carbocycles. The summed E-state index contributed by atoms with van der Waals surface area (Å²) in [6, 6.07) is 7.97. The van der Waals surface area contributed by atoms with Gasteiger partial charge in [0.15, 0.2) is 0 Å². The normalized spacial score (nSPS) is 14.7. The Morgan fingerprint density at radius 1 is 1.22 bits per heavy atom. The minimum atomic E-state index is -0.400. The highest BCUT2D eigenvalue weighted by Crippen LogP contribution is 2.17. The van der Waals surface area contributed by atoms with Crippen molar-refractivity contribution in [3.63, 3.8) is 0 Å². The van der Waals surface area contributed by atoms with Crippen molar-refractivity contribution in [2.24, 2.45) is 0 Å². The lowest BCUT2D eigenvalue weighted by Crippen LogP contribution is -2.45. The van der Waals surface area contributed by atoms with E-state index in [2.05, 4.69) is 15.3 Å². The van der Waals surface area contributed by atoms with Gasteiger partial charge >= 0.3 is 5.97 Å². The van der Waals surface area contributed by atoms with Gasteiger partial charge in [-0.1, -0.05) is 0 Å². The summed E-state index contributed by atoms with van der Waals surface area (Å²) < 4.78 is 4.96. The molecule has 1 amide bonds. The number of carbonyl (C=O) groups is 2. The van der Waals surface area contributed by atoms with E-state index in [0.29, 0.717) is 36.0 Å². The van der Waals surface area contributed by atoms with E-state index in [4.69, 9.17) is 4.74 Å². The van der Waals surface area contributed by atoms with Crippen LogP contribution in [0, 0.1) is 6.92 Å². The number of carbonyl (C=O) groups excluding carboxylic acids is 2. The first-order chi connectivity index (χ1) is 12.9. The average molecular weight is 370 g/mol. The number of rotatable bonds is 4. The number of nitrogens with zero attached hydrogens (tertiary/aromatic N) is 2. The van der Waals surface area contributed by atoms with E-state index in [-0.39, 0.29) is 17.5 Å². The zero-order valence-electron chi connectivity index (χ0n) is 15.3. The quantitative estimate of drug-likeness (QED) is 0.623. The number of esters is 1. The summed E-state index contributed by atoms with van der Waals surface area (Å²) in [6.45, 7) is 4.51. The van der Waals surface area contributed by atoms with Gasteiger partial charge in [-0.15, -0.1) is 0 Å². The Balaban J connectivity index is 1.54. The largest absolute Gasteiger partial charge is 0.427 e. The van der Waals surface area contributed by atoms with E-state index in [1.165, 1.54) is 13.0 Å². The number of amides is 1. The number of hydrogen-bond donors (Lipinski definition) is 2. The third kappa shape index (κ3) is 4.93. The van der Waals surface area contributed by atoms with Crippen LogP contribution in [0.3, 0.4) is 0 Å². The smallest absolute Gasteiger partial charge is 0.308 e. The van der Waals surface area contributed by atoms with Crippen LogP contribution in [0.1, 0.15) is 35.8 Å². The van der Waals surface area contributed by atoms with Gasteiger partial charge in [0.25, 0.3) is 11.5 Å². The van der Waals surface area contributed by atoms with Crippen molar-refractivity contribution in [3.05, 3.63) is 51.9 Å². The van der Waals surface area contributed by atoms with E-state index in [9.17, 15) is 14.4 Å². The van der Waals surface area contributed by atoms with Gasteiger partial charge in [-0.25, -0.2) is 4.98 Å². The molecule has 142 valence electrons. The molecule has 1 aliphatic heterocycles. The summed E-state index contributed by atoms with van der Waals surface area (Å²) in [4.78, 5) is 44.1. The van der Waals surface area contributed by atoms with Crippen molar-refractivity contribution in [2.75, 3.05) is 18.0 Å². The van der Waals surface area contributed by atoms with Crippen molar-refractivity contribution in [1.29, 1.82) is 0 Å². The zero-order valence-corrected chi connectivity index (χ0v) is 15.3. The number of anilines is 1. The van der Waals surface area contributed by atoms with E-state index in [1.54, 1.807) is 31.2 Å². The number of H-pyrrole nitrogens is 1. The van der Waals surface area contributed by atoms with Gasteiger partial charge in [0.2, 0.25) is 5.95 Å². The van der Waals surface area contributed by atoms with Crippen LogP contribution < -0.4 is 20.5 Å². The van der Waals surface area contributed by atoms with E-state index >= 15 is 0 Å². The third-order valence-electron chi connectivity index (χ3n) is 4.37. The Morgan fingerprint density at radius 3 is 2.48 bits per heavy atom. The molecule has 2 aromatic rings. The molecule has 2 heterocycles. The molecule has 0 radical (unpaired) electrons. The van der Waals surface area contributed by atoms with Gasteiger partial charge in [-0.05, 0) is 44.0 Å². The fourth-order valence-electron chi connectivity index (χ4n) is 3.06. The van der Waals surface area contributed by atoms with Crippen LogP contribution in [0.2, 0.25) is 0 Å². The number of piperidine rings is 1. The van der Waals surface area contributed by atoms with Crippen LogP contribution in [0.4, 0.5) is 5.95 Å². The van der Waals surface area contributed by atoms with E-state index in [0.717, 1.165) is 12.8 Å². The van der Waals surface area contributed by atoms with Crippen LogP contribution in [0.25, 0.3) is 0 Å². The molecular formula is C19H22N4O4. The predicted octanol–water partition coefficient (Wildman–Crippen LogP) is 1.40. The third-order valence-corrected chi connectivity index (χ3v) is 4.37. The Hall–Kier alpha value is -3.16. The molecule has 0 spiro atoms. The molecule has 1 aromatic carbocycles. The molecule has 8 heteroatoms. The fourth-order valence-corrected chi connectivity index (χ4v) is 3.06. The van der Waals surface area contributed by atoms with Crippen molar-refractivity contribution < 1.29 is 14.3 Å². The van der Waals surface area contributed by atoms with Crippen molar-refractivity contribution in [2.45, 2.75) is 32.7 Å². The summed E-state index contributed by atoms with van der Waals surface area (Å²) in [5.74, 6) is 0.422. The Morgan fingerprint density at radius 2 is 1.89 bits per heavy atom. The molecule has 1 saturated heterocycles. The van der Waals surface area contributed by atoms with Gasteiger partial charge in [0.1, 0.15) is 5.75 Å². The summed E-state index contributed by atoms with van der Waals surface area (Å²) >= 11 is 0. The lowest BCUT2D eigenvalue weighted by molar-refractivity contribution is -0.131. The Kier molecular flexibility index (Phi) is 5.54. The van der Waals surface area contributed by atoms with Crippen molar-refractivity contribution in [3.8, 4) is 5.75 Å². The van der Waals surface area contributed by atoms with E-state index in [1.807, 2.05) is 4.90 Å². The highest BCUT2D eigenvalue weighted by Gasteiger charge is 2.22. The van der Waals surface area contributed by atoms with Crippen LogP contribution in [0.15, 0.2) is 35.1 Å². The molecule has 1 aliphatic rings. The molecule has 0 unspecified atom stereocenters. The second-order valence-corrected chi connectivity index (χ2v) is 6.56. The Labute approximate surface area is 156 Å². The van der Waals surface area contributed by atoms with Crippen LogP contribution >= 0.6 is 0 Å². The van der Waals surface area contributed by atoms with E-state index < -0.39 is 5.97 Å². The second kappa shape index (κ2) is 8.03. The molecule has 1 fully saturated rings. The summed E-state index contributed by atoms with van der Waals surface area (Å²) in [7, 11) is 0. The molecule has 0 bridgehead atoms. The predicted molar refractivity (Wildman–Crippen MR) is 100 cm³/mol. The highest BCUT2D eigenvalue weighted by molar-refractivity contribution is 5.94. The number of aromatic nitrogens is 2. The minimum absolute atomic E-state index is 0.0541. The molecule has 0 aliphatic carbocycles. The van der Waals surface area contributed by atoms with Gasteiger partial charge in [-0.3, -0.25) is 19.4 Å². The van der Waals surface area contributed by atoms with Crippen molar-refractivity contribution in [1.82, 2.24) is 15.3 Å². The SMILES string of the molecule is CC(=O)Oc1ccc(C(=O)NC2CCN(c3nc(C)cc(=O)[nH]3)CC2)cc1. The van der Waals surface area contributed by atoms with Gasteiger partial charge < -0.3 is 15.0 Å². The first-order valence-corrected chi connectivity index (χ1v) is 8.83. The van der Waals surface area contributed by atoms with Gasteiger partial charge in [0, 0.05) is 43.4 Å². The fraction of sp³-hybridized carbons (Fsp3) is 0.368. The first-order valence-electron chi connectivity index (χ1n) is 8.83. The van der Waals surface area contributed by atoms with Gasteiger partial charge in [-0.2, -0.15) is 0 Å². The molecule has 8 nitrogen and oxygen atoms in total. The number of ether oxygens (including phenoxy) is 1. The van der Waals surface area contributed by atoms with Crippen LogP contribution in [0.5, 0.6) is 5.75 Å². The van der Waals surface area contributed by atoms with Crippen LogP contribution in [-0.4, -0.2) is 41.0 Å². The molecular weight excluding hydrogens is 348 g/mol. The zero-order chi connectivity index (χ0) is 19.4. The molecule has 1 aromatic heterocycles. The molecule has 3 rings (SSSR count). The number of aromatic amines is 1. The number of nitrogens with one attached hydrogen (secondary N) is 2. The maximum atomic E-state index is 12.4. The standard InChI is InChI=1S/C19H22N4O4/c1-12-11-17(25)22-19(20-12)23-9-7-15(8-10-23)21-18(26)14-3-5-16(6-4-14)27-13(2)24/h3-6,11,15H,7-10H2,1-2H3,(H,21,26)(H,20,22,25). The number of benzene rings is 1. The summed E-state index contributed by atoms with van der Waals surface area (Å²) in [5.41, 5.74) is 1.03. The average Bonchev–Trinajstić information content (AvgIpc) is 2.61. The summed E-state index contributed by atoms with van der Waals surface area (Å²) in [5, 5.41) is 3.02. The number of hydrogen-bond acceptors (Lipinski definition) is 6. The second-order valence-electron chi connectivity index (χ2n) is 6.56. The maximum Gasteiger partial charge on any atom is 0.308 e. The molecule has 0 atom stereocenters. The topological polar surface area (TPSA) is 104 Å². The first kappa shape index (κ1) is 18.6. The Bertz CT molecular complexity index is 883. The molecule has 2 N–H and O–H groups in total. The molecule has 27 heavy (non-hydrogen) atoms. The summed E-state index contributed by atoms with van der Waals surface area (Å²) in [6.07, 6.45) is 1.52. The highest BCUT2D eigenvalue weighted by atomic mass is 16.5. The number of aryl methyl sites for hydroxylation is 1.